The van der Waals surface area contributed by atoms with Crippen LogP contribution in [0, 0.1) is 17.3 Å². The minimum Gasteiger partial charge on any atom is -0.404 e. The van der Waals surface area contributed by atoms with E-state index in [1.54, 1.807) is 0 Å². The maximum absolute atomic E-state index is 6.53. The van der Waals surface area contributed by atoms with E-state index in [0.29, 0.717) is 11.3 Å². The Hall–Kier alpha value is -1.36. The third-order valence-corrected chi connectivity index (χ3v) is 7.90. The number of hydrogen-bond donors (Lipinski definition) is 1. The largest absolute Gasteiger partial charge is 0.475 e. The molecular formula is C23H30BNO2. The summed E-state index contributed by atoms with van der Waals surface area (Å²) in [5.74, 6) is 1.28. The molecule has 0 amide bonds. The lowest BCUT2D eigenvalue weighted by molar-refractivity contribution is -0.199. The minimum absolute atomic E-state index is 0.0841. The molecule has 1 saturated heterocycles. The van der Waals surface area contributed by atoms with Crippen molar-refractivity contribution < 1.29 is 9.31 Å². The zero-order valence-electron chi connectivity index (χ0n) is 16.7. The molecule has 3 aliphatic carbocycles. The first-order valence-electron chi connectivity index (χ1n) is 10.4. The SMILES string of the molecule is CC1(C)[C@@H]2C[C@H]3OB([C@@H](N)CCc4ccc5ccccc5c4)O[C@@]3(C)[C@H]1C2. The lowest BCUT2D eigenvalue weighted by Gasteiger charge is -2.64. The van der Waals surface area contributed by atoms with Crippen LogP contribution in [0.2, 0.25) is 0 Å². The molecule has 0 aromatic heterocycles. The molecule has 0 unspecified atom stereocenters. The second-order valence-electron chi connectivity index (χ2n) is 9.72. The van der Waals surface area contributed by atoms with Gasteiger partial charge in [-0.1, -0.05) is 56.3 Å². The fraction of sp³-hybridized carbons (Fsp3) is 0.565. The highest BCUT2D eigenvalue weighted by Gasteiger charge is 2.68. The Morgan fingerprint density at radius 2 is 1.89 bits per heavy atom. The van der Waals surface area contributed by atoms with Crippen molar-refractivity contribution in [1.29, 1.82) is 0 Å². The zero-order valence-corrected chi connectivity index (χ0v) is 16.7. The van der Waals surface area contributed by atoms with Crippen molar-refractivity contribution in [3.05, 3.63) is 48.0 Å². The Morgan fingerprint density at radius 1 is 1.11 bits per heavy atom. The molecule has 2 N–H and O–H groups in total. The number of rotatable bonds is 4. The summed E-state index contributed by atoms with van der Waals surface area (Å²) < 4.78 is 12.8. The third kappa shape index (κ3) is 2.68. The van der Waals surface area contributed by atoms with Crippen LogP contribution < -0.4 is 5.73 Å². The average Bonchev–Trinajstić information content (AvgIpc) is 3.03. The molecule has 4 aliphatic rings. The van der Waals surface area contributed by atoms with Gasteiger partial charge in [-0.3, -0.25) is 0 Å². The molecule has 142 valence electrons. The molecule has 6 rings (SSSR count). The highest BCUT2D eigenvalue weighted by atomic mass is 16.7. The van der Waals surface area contributed by atoms with Crippen LogP contribution in [0.4, 0.5) is 0 Å². The summed E-state index contributed by atoms with van der Waals surface area (Å²) in [6.07, 6.45) is 4.44. The molecule has 4 heteroatoms. The quantitative estimate of drug-likeness (QED) is 0.821. The molecule has 2 bridgehead atoms. The average molecular weight is 363 g/mol. The van der Waals surface area contributed by atoms with Crippen molar-refractivity contribution in [1.82, 2.24) is 0 Å². The number of aryl methyl sites for hydroxylation is 1. The topological polar surface area (TPSA) is 44.5 Å². The molecule has 5 atom stereocenters. The first-order chi connectivity index (χ1) is 12.9. The van der Waals surface area contributed by atoms with E-state index in [-0.39, 0.29) is 24.8 Å². The summed E-state index contributed by atoms with van der Waals surface area (Å²) in [7, 11) is -0.268. The molecular weight excluding hydrogens is 333 g/mol. The Bertz CT molecular complexity index is 868. The smallest absolute Gasteiger partial charge is 0.404 e. The van der Waals surface area contributed by atoms with Gasteiger partial charge in [0.2, 0.25) is 0 Å². The van der Waals surface area contributed by atoms with Crippen LogP contribution in [-0.2, 0) is 15.7 Å². The maximum atomic E-state index is 6.53. The Morgan fingerprint density at radius 3 is 2.67 bits per heavy atom. The number of benzene rings is 2. The van der Waals surface area contributed by atoms with Gasteiger partial charge in [0.1, 0.15) is 0 Å². The molecule has 2 aromatic carbocycles. The predicted octanol–water partition coefficient (Wildman–Crippen LogP) is 4.37. The fourth-order valence-corrected chi connectivity index (χ4v) is 5.95. The molecule has 0 radical (unpaired) electrons. The maximum Gasteiger partial charge on any atom is 0.475 e. The normalized spacial score (nSPS) is 35.0. The summed E-state index contributed by atoms with van der Waals surface area (Å²) in [6.45, 7) is 7.04. The van der Waals surface area contributed by atoms with Crippen molar-refractivity contribution in [2.75, 3.05) is 0 Å². The van der Waals surface area contributed by atoms with Gasteiger partial charge >= 0.3 is 7.12 Å². The molecule has 4 fully saturated rings. The molecule has 3 nitrogen and oxygen atoms in total. The molecule has 1 heterocycles. The summed E-state index contributed by atoms with van der Waals surface area (Å²) >= 11 is 0. The zero-order chi connectivity index (χ0) is 18.8. The molecule has 2 aromatic rings. The predicted molar refractivity (Wildman–Crippen MR) is 110 cm³/mol. The van der Waals surface area contributed by atoms with E-state index in [1.165, 1.54) is 22.8 Å². The van der Waals surface area contributed by atoms with E-state index < -0.39 is 0 Å². The molecule has 3 saturated carbocycles. The van der Waals surface area contributed by atoms with Crippen molar-refractivity contribution >= 4 is 17.9 Å². The highest BCUT2D eigenvalue weighted by Crippen LogP contribution is 2.65. The van der Waals surface area contributed by atoms with Gasteiger partial charge < -0.3 is 15.0 Å². The van der Waals surface area contributed by atoms with E-state index in [1.807, 2.05) is 0 Å². The van der Waals surface area contributed by atoms with Gasteiger partial charge in [0.25, 0.3) is 0 Å². The summed E-state index contributed by atoms with van der Waals surface area (Å²) in [4.78, 5) is 0. The van der Waals surface area contributed by atoms with Gasteiger partial charge in [0.15, 0.2) is 0 Å². The van der Waals surface area contributed by atoms with E-state index in [9.17, 15) is 0 Å². The van der Waals surface area contributed by atoms with Crippen LogP contribution in [0.3, 0.4) is 0 Å². The highest BCUT2D eigenvalue weighted by molar-refractivity contribution is 6.47. The van der Waals surface area contributed by atoms with Crippen molar-refractivity contribution in [3.63, 3.8) is 0 Å². The Kier molecular flexibility index (Phi) is 3.98. The summed E-state index contributed by atoms with van der Waals surface area (Å²) in [6, 6.07) is 15.2. The lowest BCUT2D eigenvalue weighted by atomic mass is 9.43. The monoisotopic (exact) mass is 363 g/mol. The third-order valence-electron chi connectivity index (χ3n) is 7.90. The van der Waals surface area contributed by atoms with Gasteiger partial charge in [-0.05, 0) is 66.2 Å². The van der Waals surface area contributed by atoms with Gasteiger partial charge in [-0.25, -0.2) is 0 Å². The number of hydrogen-bond acceptors (Lipinski definition) is 3. The molecule has 27 heavy (non-hydrogen) atoms. The van der Waals surface area contributed by atoms with Crippen LogP contribution in [-0.4, -0.2) is 24.8 Å². The Balaban J connectivity index is 1.25. The van der Waals surface area contributed by atoms with Crippen LogP contribution in [0.15, 0.2) is 42.5 Å². The standard InChI is InChI=1S/C23H30BNO2/c1-22(2)18-13-19(22)23(3)20(14-18)26-24(27-23)21(25)11-9-15-8-10-16-6-4-5-7-17(16)12-15/h4-8,10,12,18-21H,9,11,13-14,25H2,1-3H3/t18-,19-,20+,21-,23-/m0/s1. The molecule has 0 spiro atoms. The van der Waals surface area contributed by atoms with Crippen molar-refractivity contribution in [2.24, 2.45) is 23.0 Å². The fourth-order valence-electron chi connectivity index (χ4n) is 5.95. The lowest BCUT2D eigenvalue weighted by Crippen LogP contribution is -2.65. The number of nitrogens with two attached hydrogens (primary N) is 1. The Labute approximate surface area is 162 Å². The van der Waals surface area contributed by atoms with Crippen LogP contribution in [0.1, 0.15) is 45.6 Å². The van der Waals surface area contributed by atoms with E-state index >= 15 is 0 Å². The van der Waals surface area contributed by atoms with Crippen molar-refractivity contribution in [2.45, 2.75) is 64.1 Å². The van der Waals surface area contributed by atoms with Crippen LogP contribution >= 0.6 is 0 Å². The number of fused-ring (bicyclic) bond motifs is 1. The molecule has 1 aliphatic heterocycles. The summed E-state index contributed by atoms with van der Waals surface area (Å²) in [5, 5.41) is 2.57. The van der Waals surface area contributed by atoms with Gasteiger partial charge in [-0.2, -0.15) is 0 Å². The second-order valence-corrected chi connectivity index (χ2v) is 9.72. The van der Waals surface area contributed by atoms with Crippen molar-refractivity contribution in [3.8, 4) is 0 Å². The van der Waals surface area contributed by atoms with E-state index in [0.717, 1.165) is 25.2 Å². The van der Waals surface area contributed by atoms with E-state index in [4.69, 9.17) is 15.0 Å². The van der Waals surface area contributed by atoms with Gasteiger partial charge in [0.05, 0.1) is 11.7 Å². The van der Waals surface area contributed by atoms with Crippen LogP contribution in [0.25, 0.3) is 10.8 Å². The first kappa shape index (κ1) is 17.7. The minimum atomic E-state index is -0.268. The van der Waals surface area contributed by atoms with Crippen LogP contribution in [0.5, 0.6) is 0 Å². The first-order valence-corrected chi connectivity index (χ1v) is 10.4. The summed E-state index contributed by atoms with van der Waals surface area (Å²) in [5.41, 5.74) is 8.07. The van der Waals surface area contributed by atoms with Gasteiger partial charge in [0, 0.05) is 5.94 Å². The second kappa shape index (κ2) is 6.07. The van der Waals surface area contributed by atoms with Gasteiger partial charge in [-0.15, -0.1) is 0 Å². The van der Waals surface area contributed by atoms with E-state index in [2.05, 4.69) is 63.2 Å².